The highest BCUT2D eigenvalue weighted by molar-refractivity contribution is 5.82. The van der Waals surface area contributed by atoms with Gasteiger partial charge < -0.3 is 10.3 Å². The molecule has 6 heteroatoms. The Bertz CT molecular complexity index is 560. The van der Waals surface area contributed by atoms with E-state index in [-0.39, 0.29) is 0 Å². The Balaban J connectivity index is 1.52. The number of fused-ring (bicyclic) bond motifs is 1. The summed E-state index contributed by atoms with van der Waals surface area (Å²) in [5.41, 5.74) is 1.63. The van der Waals surface area contributed by atoms with Crippen molar-refractivity contribution in [2.24, 2.45) is 0 Å². The molecule has 0 aromatic carbocycles. The molecule has 1 aliphatic heterocycles. The second-order valence-electron chi connectivity index (χ2n) is 5.18. The quantitative estimate of drug-likeness (QED) is 0.843. The second kappa shape index (κ2) is 3.91. The van der Waals surface area contributed by atoms with Crippen molar-refractivity contribution in [3.63, 3.8) is 0 Å². The molecule has 2 aliphatic rings. The van der Waals surface area contributed by atoms with Crippen LogP contribution >= 0.6 is 0 Å². The standard InChI is InChI=1S/C12H16N6/c1-2-9(1)18-4-3-8(5-18)17-12-10-11(14-6-13-10)15-7-16-12/h6-9H,1-5H2,(H2,13,14,15,16,17). The molecule has 6 nitrogen and oxygen atoms in total. The van der Waals surface area contributed by atoms with Crippen molar-refractivity contribution in [1.82, 2.24) is 24.8 Å². The summed E-state index contributed by atoms with van der Waals surface area (Å²) in [6.07, 6.45) is 7.18. The van der Waals surface area contributed by atoms with Crippen LogP contribution in [0.5, 0.6) is 0 Å². The predicted octanol–water partition coefficient (Wildman–Crippen LogP) is 1.00. The normalized spacial score (nSPS) is 24.8. The molecule has 18 heavy (non-hydrogen) atoms. The number of aromatic nitrogens is 4. The maximum Gasteiger partial charge on any atom is 0.182 e. The van der Waals surface area contributed by atoms with Gasteiger partial charge in [-0.3, -0.25) is 4.90 Å². The minimum atomic E-state index is 0.493. The van der Waals surface area contributed by atoms with Crippen LogP contribution in [0.1, 0.15) is 19.3 Å². The van der Waals surface area contributed by atoms with Crippen molar-refractivity contribution in [1.29, 1.82) is 0 Å². The van der Waals surface area contributed by atoms with E-state index in [1.807, 2.05) is 0 Å². The fourth-order valence-corrected chi connectivity index (χ4v) is 2.74. The first-order valence-electron chi connectivity index (χ1n) is 6.55. The monoisotopic (exact) mass is 244 g/mol. The number of aromatic amines is 1. The molecule has 0 spiro atoms. The first-order chi connectivity index (χ1) is 8.90. The number of anilines is 1. The van der Waals surface area contributed by atoms with Gasteiger partial charge in [-0.25, -0.2) is 15.0 Å². The molecule has 2 aromatic heterocycles. The van der Waals surface area contributed by atoms with Crippen molar-refractivity contribution >= 4 is 17.0 Å². The van der Waals surface area contributed by atoms with Gasteiger partial charge in [0.05, 0.1) is 6.33 Å². The van der Waals surface area contributed by atoms with E-state index in [0.717, 1.165) is 29.6 Å². The molecular weight excluding hydrogens is 228 g/mol. The lowest BCUT2D eigenvalue weighted by Gasteiger charge is -2.16. The molecular formula is C12H16N6. The molecule has 2 aromatic rings. The maximum absolute atomic E-state index is 4.32. The SMILES string of the molecule is c1nc(NC2CCN(C3CC3)C2)c2[nH]cnc2n1. The lowest BCUT2D eigenvalue weighted by molar-refractivity contribution is 0.326. The second-order valence-corrected chi connectivity index (χ2v) is 5.18. The topological polar surface area (TPSA) is 69.7 Å². The zero-order chi connectivity index (χ0) is 11.9. The number of hydrogen-bond donors (Lipinski definition) is 2. The van der Waals surface area contributed by atoms with Gasteiger partial charge >= 0.3 is 0 Å². The molecule has 2 fully saturated rings. The highest BCUT2D eigenvalue weighted by Crippen LogP contribution is 2.30. The third kappa shape index (κ3) is 1.73. The largest absolute Gasteiger partial charge is 0.364 e. The van der Waals surface area contributed by atoms with E-state index in [0.29, 0.717) is 6.04 Å². The van der Waals surface area contributed by atoms with Crippen molar-refractivity contribution in [3.8, 4) is 0 Å². The van der Waals surface area contributed by atoms with E-state index in [1.54, 1.807) is 12.7 Å². The summed E-state index contributed by atoms with van der Waals surface area (Å²) >= 11 is 0. The van der Waals surface area contributed by atoms with E-state index >= 15 is 0 Å². The molecule has 0 amide bonds. The van der Waals surface area contributed by atoms with Crippen LogP contribution in [0.15, 0.2) is 12.7 Å². The molecule has 1 aliphatic carbocycles. The number of nitrogens with one attached hydrogen (secondary N) is 2. The van der Waals surface area contributed by atoms with Gasteiger partial charge in [0, 0.05) is 25.2 Å². The van der Waals surface area contributed by atoms with Crippen molar-refractivity contribution in [2.75, 3.05) is 18.4 Å². The Kier molecular flexibility index (Phi) is 2.23. The Morgan fingerprint density at radius 3 is 3.06 bits per heavy atom. The van der Waals surface area contributed by atoms with Crippen LogP contribution in [0.3, 0.4) is 0 Å². The van der Waals surface area contributed by atoms with Gasteiger partial charge in [0.15, 0.2) is 11.5 Å². The van der Waals surface area contributed by atoms with Crippen LogP contribution < -0.4 is 5.32 Å². The zero-order valence-electron chi connectivity index (χ0n) is 10.1. The van der Waals surface area contributed by atoms with Gasteiger partial charge in [-0.2, -0.15) is 0 Å². The van der Waals surface area contributed by atoms with Gasteiger partial charge in [0.25, 0.3) is 0 Å². The number of imidazole rings is 1. The van der Waals surface area contributed by atoms with E-state index in [2.05, 4.69) is 30.2 Å². The molecule has 1 atom stereocenters. The molecule has 2 N–H and O–H groups in total. The molecule has 1 saturated heterocycles. The molecule has 0 radical (unpaired) electrons. The maximum atomic E-state index is 4.32. The third-order valence-electron chi connectivity index (χ3n) is 3.85. The summed E-state index contributed by atoms with van der Waals surface area (Å²) in [6, 6.07) is 1.35. The fourth-order valence-electron chi connectivity index (χ4n) is 2.74. The van der Waals surface area contributed by atoms with E-state index in [4.69, 9.17) is 0 Å². The average Bonchev–Trinajstić information content (AvgIpc) is 2.94. The van der Waals surface area contributed by atoms with Crippen LogP contribution in [0.2, 0.25) is 0 Å². The average molecular weight is 244 g/mol. The first kappa shape index (κ1) is 10.3. The number of H-pyrrole nitrogens is 1. The summed E-state index contributed by atoms with van der Waals surface area (Å²) in [6.45, 7) is 2.34. The summed E-state index contributed by atoms with van der Waals surface area (Å²) in [4.78, 5) is 18.3. The summed E-state index contributed by atoms with van der Waals surface area (Å²) in [7, 11) is 0. The lowest BCUT2D eigenvalue weighted by Crippen LogP contribution is -2.28. The third-order valence-corrected chi connectivity index (χ3v) is 3.85. The summed E-state index contributed by atoms with van der Waals surface area (Å²) in [5, 5.41) is 3.52. The Labute approximate surface area is 105 Å². The highest BCUT2D eigenvalue weighted by Gasteiger charge is 2.34. The Hall–Kier alpha value is -1.69. The van der Waals surface area contributed by atoms with Gasteiger partial charge in [0.2, 0.25) is 0 Å². The van der Waals surface area contributed by atoms with Gasteiger partial charge in [0.1, 0.15) is 11.8 Å². The summed E-state index contributed by atoms with van der Waals surface area (Å²) in [5.74, 6) is 0.875. The van der Waals surface area contributed by atoms with E-state index < -0.39 is 0 Å². The minimum Gasteiger partial charge on any atom is -0.364 e. The van der Waals surface area contributed by atoms with Crippen LogP contribution in [0.25, 0.3) is 11.2 Å². The van der Waals surface area contributed by atoms with Gasteiger partial charge in [-0.1, -0.05) is 0 Å². The van der Waals surface area contributed by atoms with E-state index in [9.17, 15) is 0 Å². The fraction of sp³-hybridized carbons (Fsp3) is 0.583. The molecule has 3 heterocycles. The summed E-state index contributed by atoms with van der Waals surface area (Å²) < 4.78 is 0. The molecule has 4 rings (SSSR count). The molecule has 1 saturated carbocycles. The lowest BCUT2D eigenvalue weighted by atomic mass is 10.2. The predicted molar refractivity (Wildman–Crippen MR) is 68.3 cm³/mol. The number of likely N-dealkylation sites (tertiary alicyclic amines) is 1. The minimum absolute atomic E-state index is 0.493. The molecule has 94 valence electrons. The first-order valence-corrected chi connectivity index (χ1v) is 6.55. The van der Waals surface area contributed by atoms with Crippen molar-refractivity contribution < 1.29 is 0 Å². The van der Waals surface area contributed by atoms with Gasteiger partial charge in [-0.05, 0) is 19.3 Å². The number of rotatable bonds is 3. The number of hydrogen-bond acceptors (Lipinski definition) is 5. The van der Waals surface area contributed by atoms with Crippen LogP contribution in [-0.2, 0) is 0 Å². The highest BCUT2D eigenvalue weighted by atomic mass is 15.2. The Morgan fingerprint density at radius 2 is 2.17 bits per heavy atom. The van der Waals surface area contributed by atoms with Crippen molar-refractivity contribution in [3.05, 3.63) is 12.7 Å². The van der Waals surface area contributed by atoms with Gasteiger partial charge in [-0.15, -0.1) is 0 Å². The van der Waals surface area contributed by atoms with Crippen LogP contribution in [-0.4, -0.2) is 50.0 Å². The Morgan fingerprint density at radius 1 is 1.22 bits per heavy atom. The smallest absolute Gasteiger partial charge is 0.182 e. The van der Waals surface area contributed by atoms with Crippen LogP contribution in [0.4, 0.5) is 5.82 Å². The number of nitrogens with zero attached hydrogens (tertiary/aromatic N) is 4. The molecule has 1 unspecified atom stereocenters. The zero-order valence-corrected chi connectivity index (χ0v) is 10.1. The van der Waals surface area contributed by atoms with E-state index in [1.165, 1.54) is 25.8 Å². The van der Waals surface area contributed by atoms with Crippen molar-refractivity contribution in [2.45, 2.75) is 31.3 Å². The molecule has 0 bridgehead atoms. The van der Waals surface area contributed by atoms with Crippen LogP contribution in [0, 0.1) is 0 Å².